The standard InChI is InChI=1S/C14H21NO3S/c1-2-12-6-7-14(10-13(12)11-16)19(17,18)15-8-4-3-5-9-15/h6-7,10,16H,2-5,8-9,11H2,1H3. The van der Waals surface area contributed by atoms with Crippen LogP contribution in [-0.4, -0.2) is 30.9 Å². The van der Waals surface area contributed by atoms with Crippen LogP contribution in [0.3, 0.4) is 0 Å². The Morgan fingerprint density at radius 1 is 1.16 bits per heavy atom. The van der Waals surface area contributed by atoms with E-state index in [0.717, 1.165) is 31.2 Å². The van der Waals surface area contributed by atoms with Gasteiger partial charge in [-0.2, -0.15) is 4.31 Å². The van der Waals surface area contributed by atoms with Crippen LogP contribution in [0, 0.1) is 0 Å². The molecule has 0 unspecified atom stereocenters. The van der Waals surface area contributed by atoms with E-state index in [9.17, 15) is 13.5 Å². The van der Waals surface area contributed by atoms with E-state index in [0.29, 0.717) is 23.5 Å². The fourth-order valence-electron chi connectivity index (χ4n) is 2.51. The average Bonchev–Trinajstić information content (AvgIpc) is 2.47. The summed E-state index contributed by atoms with van der Waals surface area (Å²) in [4.78, 5) is 0.302. The molecule has 1 aromatic carbocycles. The number of rotatable bonds is 4. The zero-order valence-corrected chi connectivity index (χ0v) is 12.1. The molecule has 0 amide bonds. The molecule has 1 N–H and O–H groups in total. The van der Waals surface area contributed by atoms with Crippen molar-refractivity contribution in [3.8, 4) is 0 Å². The molecule has 0 aliphatic carbocycles. The fourth-order valence-corrected chi connectivity index (χ4v) is 4.08. The third-order valence-electron chi connectivity index (χ3n) is 3.68. The Kier molecular flexibility index (Phi) is 4.60. The minimum absolute atomic E-state index is 0.119. The summed E-state index contributed by atoms with van der Waals surface area (Å²) in [6.45, 7) is 3.08. The number of aliphatic hydroxyl groups is 1. The van der Waals surface area contributed by atoms with Crippen LogP contribution in [0.4, 0.5) is 0 Å². The summed E-state index contributed by atoms with van der Waals surface area (Å²) in [5, 5.41) is 9.34. The van der Waals surface area contributed by atoms with E-state index in [1.807, 2.05) is 13.0 Å². The van der Waals surface area contributed by atoms with Crippen LogP contribution in [0.5, 0.6) is 0 Å². The molecular formula is C14H21NO3S. The maximum atomic E-state index is 12.5. The van der Waals surface area contributed by atoms with E-state index < -0.39 is 10.0 Å². The summed E-state index contributed by atoms with van der Waals surface area (Å²) in [5.74, 6) is 0. The minimum atomic E-state index is -3.40. The Bertz CT molecular complexity index is 534. The van der Waals surface area contributed by atoms with Gasteiger partial charge in [0.25, 0.3) is 0 Å². The number of sulfonamides is 1. The van der Waals surface area contributed by atoms with Crippen molar-refractivity contribution in [2.75, 3.05) is 13.1 Å². The van der Waals surface area contributed by atoms with Crippen molar-refractivity contribution in [3.63, 3.8) is 0 Å². The number of aliphatic hydroxyl groups excluding tert-OH is 1. The van der Waals surface area contributed by atoms with Crippen molar-refractivity contribution in [3.05, 3.63) is 29.3 Å². The van der Waals surface area contributed by atoms with E-state index >= 15 is 0 Å². The van der Waals surface area contributed by atoms with Gasteiger partial charge in [-0.15, -0.1) is 0 Å². The number of hydrogen-bond acceptors (Lipinski definition) is 3. The van der Waals surface area contributed by atoms with Gasteiger partial charge in [0.1, 0.15) is 0 Å². The molecule has 5 heteroatoms. The van der Waals surface area contributed by atoms with Crippen LogP contribution >= 0.6 is 0 Å². The lowest BCUT2D eigenvalue weighted by Gasteiger charge is -2.26. The Morgan fingerprint density at radius 3 is 2.42 bits per heavy atom. The van der Waals surface area contributed by atoms with Crippen LogP contribution in [0.2, 0.25) is 0 Å². The van der Waals surface area contributed by atoms with Gasteiger partial charge in [-0.1, -0.05) is 19.4 Å². The first-order valence-corrected chi connectivity index (χ1v) is 8.26. The monoisotopic (exact) mass is 283 g/mol. The van der Waals surface area contributed by atoms with Gasteiger partial charge in [0.15, 0.2) is 0 Å². The summed E-state index contributed by atoms with van der Waals surface area (Å²) < 4.78 is 26.6. The van der Waals surface area contributed by atoms with Gasteiger partial charge in [-0.3, -0.25) is 0 Å². The number of hydrogen-bond donors (Lipinski definition) is 1. The summed E-state index contributed by atoms with van der Waals surface area (Å²) >= 11 is 0. The molecule has 1 aliphatic rings. The molecule has 1 heterocycles. The molecule has 2 rings (SSSR count). The smallest absolute Gasteiger partial charge is 0.243 e. The number of nitrogens with zero attached hydrogens (tertiary/aromatic N) is 1. The van der Waals surface area contributed by atoms with Gasteiger partial charge in [0.05, 0.1) is 11.5 Å². The molecule has 1 saturated heterocycles. The molecule has 0 atom stereocenters. The van der Waals surface area contributed by atoms with Crippen LogP contribution in [-0.2, 0) is 23.1 Å². The second kappa shape index (κ2) is 6.03. The Balaban J connectivity index is 2.34. The summed E-state index contributed by atoms with van der Waals surface area (Å²) in [7, 11) is -3.40. The van der Waals surface area contributed by atoms with Crippen molar-refractivity contribution in [1.82, 2.24) is 4.31 Å². The Hall–Kier alpha value is -0.910. The maximum Gasteiger partial charge on any atom is 0.243 e. The second-order valence-electron chi connectivity index (χ2n) is 4.91. The highest BCUT2D eigenvalue weighted by molar-refractivity contribution is 7.89. The van der Waals surface area contributed by atoms with E-state index in [1.54, 1.807) is 16.4 Å². The lowest BCUT2D eigenvalue weighted by atomic mass is 10.1. The third-order valence-corrected chi connectivity index (χ3v) is 5.58. The van der Waals surface area contributed by atoms with Crippen LogP contribution in [0.15, 0.2) is 23.1 Å². The lowest BCUT2D eigenvalue weighted by molar-refractivity contribution is 0.280. The molecule has 106 valence electrons. The molecule has 0 spiro atoms. The van der Waals surface area contributed by atoms with Crippen LogP contribution in [0.1, 0.15) is 37.3 Å². The lowest BCUT2D eigenvalue weighted by Crippen LogP contribution is -2.35. The summed E-state index contributed by atoms with van der Waals surface area (Å²) in [5.41, 5.74) is 1.71. The van der Waals surface area contributed by atoms with Crippen molar-refractivity contribution >= 4 is 10.0 Å². The van der Waals surface area contributed by atoms with Gasteiger partial charge in [-0.05, 0) is 42.5 Å². The summed E-state index contributed by atoms with van der Waals surface area (Å²) in [6, 6.07) is 5.08. The number of piperidine rings is 1. The molecule has 0 bridgehead atoms. The molecule has 1 fully saturated rings. The Morgan fingerprint density at radius 2 is 1.84 bits per heavy atom. The van der Waals surface area contributed by atoms with E-state index in [4.69, 9.17) is 0 Å². The van der Waals surface area contributed by atoms with Gasteiger partial charge >= 0.3 is 0 Å². The molecule has 0 aromatic heterocycles. The van der Waals surface area contributed by atoms with Crippen molar-refractivity contribution in [2.24, 2.45) is 0 Å². The first kappa shape index (κ1) is 14.5. The molecule has 1 aromatic rings. The summed E-state index contributed by atoms with van der Waals surface area (Å²) in [6.07, 6.45) is 3.75. The van der Waals surface area contributed by atoms with E-state index in [-0.39, 0.29) is 6.61 Å². The number of benzene rings is 1. The SMILES string of the molecule is CCc1ccc(S(=O)(=O)N2CCCCC2)cc1CO. The van der Waals surface area contributed by atoms with Crippen molar-refractivity contribution in [2.45, 2.75) is 44.1 Å². The van der Waals surface area contributed by atoms with Gasteiger partial charge < -0.3 is 5.11 Å². The highest BCUT2D eigenvalue weighted by Gasteiger charge is 2.26. The first-order valence-electron chi connectivity index (χ1n) is 6.82. The highest BCUT2D eigenvalue weighted by atomic mass is 32.2. The molecule has 19 heavy (non-hydrogen) atoms. The number of aryl methyl sites for hydroxylation is 1. The zero-order valence-electron chi connectivity index (χ0n) is 11.3. The second-order valence-corrected chi connectivity index (χ2v) is 6.84. The molecule has 4 nitrogen and oxygen atoms in total. The molecule has 1 aliphatic heterocycles. The molecule has 0 saturated carbocycles. The predicted octanol–water partition coefficient (Wildman–Crippen LogP) is 1.92. The zero-order chi connectivity index (χ0) is 13.9. The first-order chi connectivity index (χ1) is 9.09. The molecule has 0 radical (unpaired) electrons. The third kappa shape index (κ3) is 2.99. The van der Waals surface area contributed by atoms with Crippen molar-refractivity contribution < 1.29 is 13.5 Å². The van der Waals surface area contributed by atoms with E-state index in [1.165, 1.54) is 0 Å². The predicted molar refractivity (Wildman–Crippen MR) is 74.4 cm³/mol. The average molecular weight is 283 g/mol. The quantitative estimate of drug-likeness (QED) is 0.918. The van der Waals surface area contributed by atoms with E-state index in [2.05, 4.69) is 0 Å². The minimum Gasteiger partial charge on any atom is -0.392 e. The van der Waals surface area contributed by atoms with Gasteiger partial charge in [0, 0.05) is 13.1 Å². The molecular weight excluding hydrogens is 262 g/mol. The van der Waals surface area contributed by atoms with Crippen LogP contribution < -0.4 is 0 Å². The normalized spacial score (nSPS) is 17.6. The van der Waals surface area contributed by atoms with Gasteiger partial charge in [-0.25, -0.2) is 8.42 Å². The highest BCUT2D eigenvalue weighted by Crippen LogP contribution is 2.23. The fraction of sp³-hybridized carbons (Fsp3) is 0.571. The topological polar surface area (TPSA) is 57.6 Å². The van der Waals surface area contributed by atoms with Crippen LogP contribution in [0.25, 0.3) is 0 Å². The largest absolute Gasteiger partial charge is 0.392 e. The van der Waals surface area contributed by atoms with Gasteiger partial charge in [0.2, 0.25) is 10.0 Å². The van der Waals surface area contributed by atoms with Crippen molar-refractivity contribution in [1.29, 1.82) is 0 Å². The Labute approximate surface area is 115 Å². The maximum absolute atomic E-state index is 12.5.